The van der Waals surface area contributed by atoms with Gasteiger partial charge >= 0.3 is 0 Å². The summed E-state index contributed by atoms with van der Waals surface area (Å²) in [6, 6.07) is 8.77. The standard InChI is InChI=1S/C16H22N2O/c1-2-13-4-3-5-15(12-13)17-8-10-18(11-9-17)16(19)14-6-7-14/h3-5,12,14H,2,6-11H2,1H3. The van der Waals surface area contributed by atoms with Gasteiger partial charge in [0.1, 0.15) is 0 Å². The molecule has 0 N–H and O–H groups in total. The molecule has 0 atom stereocenters. The topological polar surface area (TPSA) is 23.6 Å². The van der Waals surface area contributed by atoms with Gasteiger partial charge in [-0.15, -0.1) is 0 Å². The summed E-state index contributed by atoms with van der Waals surface area (Å²) in [5.74, 6) is 0.747. The molecule has 102 valence electrons. The van der Waals surface area contributed by atoms with E-state index >= 15 is 0 Å². The van der Waals surface area contributed by atoms with E-state index in [9.17, 15) is 4.79 Å². The van der Waals surface area contributed by atoms with Crippen LogP contribution in [0.4, 0.5) is 5.69 Å². The molecule has 3 heteroatoms. The molecule has 1 heterocycles. The monoisotopic (exact) mass is 258 g/mol. The summed E-state index contributed by atoms with van der Waals surface area (Å²) in [5, 5.41) is 0. The van der Waals surface area contributed by atoms with Crippen LogP contribution in [-0.2, 0) is 11.2 Å². The Bertz CT molecular complexity index is 460. The van der Waals surface area contributed by atoms with E-state index < -0.39 is 0 Å². The number of benzene rings is 1. The minimum Gasteiger partial charge on any atom is -0.368 e. The van der Waals surface area contributed by atoms with Gasteiger partial charge < -0.3 is 9.80 Å². The Morgan fingerprint density at radius 3 is 2.58 bits per heavy atom. The maximum atomic E-state index is 12.0. The summed E-state index contributed by atoms with van der Waals surface area (Å²) in [4.78, 5) is 16.5. The van der Waals surface area contributed by atoms with Crippen molar-refractivity contribution >= 4 is 11.6 Å². The minimum atomic E-state index is 0.356. The molecule has 2 aliphatic rings. The van der Waals surface area contributed by atoms with Crippen LogP contribution in [0.2, 0.25) is 0 Å². The predicted molar refractivity (Wildman–Crippen MR) is 77.3 cm³/mol. The number of aryl methyl sites for hydroxylation is 1. The highest BCUT2D eigenvalue weighted by molar-refractivity contribution is 5.81. The molecule has 1 saturated carbocycles. The Morgan fingerprint density at radius 1 is 1.21 bits per heavy atom. The van der Waals surface area contributed by atoms with Crippen LogP contribution >= 0.6 is 0 Å². The SMILES string of the molecule is CCc1cccc(N2CCN(C(=O)C3CC3)CC2)c1. The van der Waals surface area contributed by atoms with Crippen LogP contribution < -0.4 is 4.90 Å². The first-order chi connectivity index (χ1) is 9.28. The van der Waals surface area contributed by atoms with Crippen molar-refractivity contribution in [1.82, 2.24) is 4.90 Å². The first kappa shape index (κ1) is 12.5. The lowest BCUT2D eigenvalue weighted by Gasteiger charge is -2.36. The largest absolute Gasteiger partial charge is 0.368 e. The molecule has 0 bridgehead atoms. The highest BCUT2D eigenvalue weighted by Crippen LogP contribution is 2.31. The third-order valence-corrected chi connectivity index (χ3v) is 4.20. The molecule has 1 aromatic rings. The molecular formula is C16H22N2O. The highest BCUT2D eigenvalue weighted by atomic mass is 16.2. The molecule has 3 nitrogen and oxygen atoms in total. The molecule has 0 aromatic heterocycles. The number of amides is 1. The summed E-state index contributed by atoms with van der Waals surface area (Å²) in [6.45, 7) is 5.87. The summed E-state index contributed by atoms with van der Waals surface area (Å²) < 4.78 is 0. The first-order valence-electron chi connectivity index (χ1n) is 7.40. The third-order valence-electron chi connectivity index (χ3n) is 4.20. The molecule has 1 aliphatic carbocycles. The second-order valence-electron chi connectivity index (χ2n) is 5.61. The zero-order chi connectivity index (χ0) is 13.2. The van der Waals surface area contributed by atoms with Gasteiger partial charge in [0.15, 0.2) is 0 Å². The van der Waals surface area contributed by atoms with Gasteiger partial charge in [-0.3, -0.25) is 4.79 Å². The van der Waals surface area contributed by atoms with Gasteiger partial charge in [-0.1, -0.05) is 19.1 Å². The van der Waals surface area contributed by atoms with E-state index in [-0.39, 0.29) is 0 Å². The van der Waals surface area contributed by atoms with Crippen molar-refractivity contribution in [3.8, 4) is 0 Å². The number of carbonyl (C=O) groups excluding carboxylic acids is 1. The van der Waals surface area contributed by atoms with E-state index in [4.69, 9.17) is 0 Å². The molecule has 1 aliphatic heterocycles. The molecule has 0 spiro atoms. The number of carbonyl (C=O) groups is 1. The first-order valence-corrected chi connectivity index (χ1v) is 7.40. The lowest BCUT2D eigenvalue weighted by Crippen LogP contribution is -2.49. The number of nitrogens with zero attached hydrogens (tertiary/aromatic N) is 2. The van der Waals surface area contributed by atoms with Crippen molar-refractivity contribution in [2.75, 3.05) is 31.1 Å². The maximum Gasteiger partial charge on any atom is 0.225 e. The Labute approximate surface area is 115 Å². The number of piperazine rings is 1. The molecule has 3 rings (SSSR count). The Kier molecular flexibility index (Phi) is 3.45. The fraction of sp³-hybridized carbons (Fsp3) is 0.562. The van der Waals surface area contributed by atoms with E-state index in [0.717, 1.165) is 45.4 Å². The summed E-state index contributed by atoms with van der Waals surface area (Å²) in [6.07, 6.45) is 3.29. The van der Waals surface area contributed by atoms with Crippen LogP contribution in [0.15, 0.2) is 24.3 Å². The van der Waals surface area contributed by atoms with Crippen LogP contribution in [-0.4, -0.2) is 37.0 Å². The number of rotatable bonds is 3. The second-order valence-corrected chi connectivity index (χ2v) is 5.61. The average Bonchev–Trinajstić information content (AvgIpc) is 3.31. The fourth-order valence-corrected chi connectivity index (χ4v) is 2.75. The van der Waals surface area contributed by atoms with Crippen molar-refractivity contribution in [3.63, 3.8) is 0 Å². The Balaban J connectivity index is 1.61. The lowest BCUT2D eigenvalue weighted by atomic mass is 10.1. The summed E-state index contributed by atoms with van der Waals surface area (Å²) in [7, 11) is 0. The van der Waals surface area contributed by atoms with Crippen LogP contribution in [0.1, 0.15) is 25.3 Å². The van der Waals surface area contributed by atoms with Crippen LogP contribution in [0, 0.1) is 5.92 Å². The van der Waals surface area contributed by atoms with Gasteiger partial charge in [-0.2, -0.15) is 0 Å². The minimum absolute atomic E-state index is 0.356. The van der Waals surface area contributed by atoms with Gasteiger partial charge in [0.2, 0.25) is 5.91 Å². The van der Waals surface area contributed by atoms with Gasteiger partial charge in [0, 0.05) is 37.8 Å². The van der Waals surface area contributed by atoms with Gasteiger partial charge in [-0.25, -0.2) is 0 Å². The summed E-state index contributed by atoms with van der Waals surface area (Å²) >= 11 is 0. The molecule has 1 saturated heterocycles. The zero-order valence-corrected chi connectivity index (χ0v) is 11.6. The van der Waals surface area contributed by atoms with Crippen LogP contribution in [0.3, 0.4) is 0 Å². The number of hydrogen-bond donors (Lipinski definition) is 0. The third kappa shape index (κ3) is 2.75. The quantitative estimate of drug-likeness (QED) is 0.830. The van der Waals surface area contributed by atoms with Gasteiger partial charge in [0.05, 0.1) is 0 Å². The van der Waals surface area contributed by atoms with Crippen molar-refractivity contribution in [2.24, 2.45) is 5.92 Å². The van der Waals surface area contributed by atoms with E-state index in [2.05, 4.69) is 41.0 Å². The average molecular weight is 258 g/mol. The normalized spacial score (nSPS) is 19.6. The van der Waals surface area contributed by atoms with Crippen LogP contribution in [0.25, 0.3) is 0 Å². The van der Waals surface area contributed by atoms with Crippen molar-refractivity contribution in [2.45, 2.75) is 26.2 Å². The molecular weight excluding hydrogens is 236 g/mol. The Hall–Kier alpha value is -1.51. The molecule has 1 amide bonds. The molecule has 1 aromatic carbocycles. The zero-order valence-electron chi connectivity index (χ0n) is 11.6. The highest BCUT2D eigenvalue weighted by Gasteiger charge is 2.34. The molecule has 0 radical (unpaired) electrons. The van der Waals surface area contributed by atoms with Crippen LogP contribution in [0.5, 0.6) is 0 Å². The molecule has 2 fully saturated rings. The molecule has 19 heavy (non-hydrogen) atoms. The smallest absolute Gasteiger partial charge is 0.225 e. The van der Waals surface area contributed by atoms with Crippen molar-refractivity contribution in [1.29, 1.82) is 0 Å². The van der Waals surface area contributed by atoms with E-state index in [1.165, 1.54) is 11.3 Å². The van der Waals surface area contributed by atoms with Gasteiger partial charge in [-0.05, 0) is 37.0 Å². The van der Waals surface area contributed by atoms with E-state index in [1.54, 1.807) is 0 Å². The number of hydrogen-bond acceptors (Lipinski definition) is 2. The fourth-order valence-electron chi connectivity index (χ4n) is 2.75. The predicted octanol–water partition coefficient (Wildman–Crippen LogP) is 2.31. The van der Waals surface area contributed by atoms with Crippen molar-refractivity contribution in [3.05, 3.63) is 29.8 Å². The second kappa shape index (κ2) is 5.24. The van der Waals surface area contributed by atoms with E-state index in [0.29, 0.717) is 11.8 Å². The Morgan fingerprint density at radius 2 is 1.95 bits per heavy atom. The lowest BCUT2D eigenvalue weighted by molar-refractivity contribution is -0.132. The van der Waals surface area contributed by atoms with E-state index in [1.807, 2.05) is 0 Å². The van der Waals surface area contributed by atoms with Crippen molar-refractivity contribution < 1.29 is 4.79 Å². The molecule has 0 unspecified atom stereocenters. The van der Waals surface area contributed by atoms with Gasteiger partial charge in [0.25, 0.3) is 0 Å². The maximum absolute atomic E-state index is 12.0. The number of anilines is 1. The summed E-state index contributed by atoms with van der Waals surface area (Å²) in [5.41, 5.74) is 2.69.